The summed E-state index contributed by atoms with van der Waals surface area (Å²) in [5.41, 5.74) is 2.96. The first-order valence-corrected chi connectivity index (χ1v) is 8.56. The Bertz CT molecular complexity index is 588. The third-order valence-corrected chi connectivity index (χ3v) is 3.93. The molecule has 0 aromatic heterocycles. The van der Waals surface area contributed by atoms with Gasteiger partial charge in [0.25, 0.3) is 0 Å². The highest BCUT2D eigenvalue weighted by Crippen LogP contribution is 2.29. The quantitative estimate of drug-likeness (QED) is 0.408. The van der Waals surface area contributed by atoms with Crippen LogP contribution in [0.15, 0.2) is 18.2 Å². The molecule has 1 aromatic rings. The van der Waals surface area contributed by atoms with E-state index in [9.17, 15) is 4.79 Å². The Morgan fingerprint density at radius 1 is 1.17 bits per heavy atom. The summed E-state index contributed by atoms with van der Waals surface area (Å²) >= 11 is 23.0. The number of thiocarbonyl (C=S) groups is 1. The summed E-state index contributed by atoms with van der Waals surface area (Å²) in [6, 6.07) is 5.94. The van der Waals surface area contributed by atoms with Crippen molar-refractivity contribution in [3.63, 3.8) is 0 Å². The Kier molecular flexibility index (Phi) is 7.39. The van der Waals surface area contributed by atoms with Crippen molar-refractivity contribution in [1.29, 1.82) is 0 Å². The predicted molar refractivity (Wildman–Crippen MR) is 102 cm³/mol. The van der Waals surface area contributed by atoms with Crippen LogP contribution in [-0.4, -0.2) is 21.0 Å². The summed E-state index contributed by atoms with van der Waals surface area (Å²) in [6.07, 6.45) is -0.951. The van der Waals surface area contributed by atoms with Crippen LogP contribution in [0.1, 0.15) is 25.0 Å². The number of carbonyl (C=O) groups excluding carboxylic acids is 1. The van der Waals surface area contributed by atoms with Gasteiger partial charge in [0.2, 0.25) is 9.70 Å². The standard InChI is InChI=1S/C15H20Cl3N3OS/c1-8(2)12(22)20-13(15(16,17)18)21-14(23)19-11-7-9(3)5-6-10(11)4/h5-8,13H,1-4H3,(H,20,22)(H2,19,21,23)/t13-/m1/s1. The second kappa shape index (κ2) is 8.38. The molecular weight excluding hydrogens is 377 g/mol. The maximum atomic E-state index is 11.8. The molecule has 0 unspecified atom stereocenters. The zero-order valence-corrected chi connectivity index (χ0v) is 16.4. The van der Waals surface area contributed by atoms with Crippen LogP contribution < -0.4 is 16.0 Å². The topological polar surface area (TPSA) is 53.2 Å². The molecule has 0 radical (unpaired) electrons. The molecule has 1 rings (SSSR count). The number of carbonyl (C=O) groups is 1. The van der Waals surface area contributed by atoms with Gasteiger partial charge in [-0.2, -0.15) is 0 Å². The highest BCUT2D eigenvalue weighted by molar-refractivity contribution is 7.80. The van der Waals surface area contributed by atoms with E-state index < -0.39 is 9.96 Å². The Balaban J connectivity index is 2.81. The van der Waals surface area contributed by atoms with Gasteiger partial charge in [0.1, 0.15) is 6.17 Å². The molecule has 0 aliphatic heterocycles. The highest BCUT2D eigenvalue weighted by atomic mass is 35.6. The van der Waals surface area contributed by atoms with Crippen molar-refractivity contribution < 1.29 is 4.79 Å². The number of hydrogen-bond donors (Lipinski definition) is 3. The van der Waals surface area contributed by atoms with E-state index in [-0.39, 0.29) is 16.9 Å². The number of halogens is 3. The highest BCUT2D eigenvalue weighted by Gasteiger charge is 2.35. The molecule has 1 amide bonds. The first-order valence-electron chi connectivity index (χ1n) is 7.02. The molecule has 1 aromatic carbocycles. The van der Waals surface area contributed by atoms with E-state index in [0.29, 0.717) is 0 Å². The van der Waals surface area contributed by atoms with Crippen molar-refractivity contribution in [3.8, 4) is 0 Å². The molecule has 4 nitrogen and oxygen atoms in total. The van der Waals surface area contributed by atoms with E-state index in [1.165, 1.54) is 0 Å². The molecule has 0 aliphatic rings. The maximum absolute atomic E-state index is 11.8. The lowest BCUT2D eigenvalue weighted by Gasteiger charge is -2.28. The Morgan fingerprint density at radius 3 is 2.30 bits per heavy atom. The minimum atomic E-state index is -1.75. The second-order valence-corrected chi connectivity index (χ2v) is 8.33. The molecule has 0 aliphatic carbocycles. The molecule has 1 atom stereocenters. The van der Waals surface area contributed by atoms with Gasteiger partial charge in [-0.25, -0.2) is 0 Å². The summed E-state index contributed by atoms with van der Waals surface area (Å²) < 4.78 is -1.75. The van der Waals surface area contributed by atoms with Gasteiger partial charge >= 0.3 is 0 Å². The van der Waals surface area contributed by atoms with E-state index in [4.69, 9.17) is 47.0 Å². The van der Waals surface area contributed by atoms with Crippen molar-refractivity contribution in [2.24, 2.45) is 5.92 Å². The average molecular weight is 397 g/mol. The van der Waals surface area contributed by atoms with E-state index in [0.717, 1.165) is 16.8 Å². The van der Waals surface area contributed by atoms with E-state index in [1.807, 2.05) is 32.0 Å². The smallest absolute Gasteiger partial charge is 0.228 e. The number of rotatable bonds is 4. The number of nitrogens with one attached hydrogen (secondary N) is 3. The molecule has 3 N–H and O–H groups in total. The molecular formula is C15H20Cl3N3OS. The number of benzene rings is 1. The molecule has 23 heavy (non-hydrogen) atoms. The van der Waals surface area contributed by atoms with Gasteiger partial charge in [-0.3, -0.25) is 4.79 Å². The van der Waals surface area contributed by atoms with Crippen molar-refractivity contribution >= 4 is 63.7 Å². The third-order valence-electron chi connectivity index (χ3n) is 3.06. The number of amides is 1. The van der Waals surface area contributed by atoms with Gasteiger partial charge in [-0.1, -0.05) is 60.8 Å². The van der Waals surface area contributed by atoms with Crippen LogP contribution in [0.4, 0.5) is 5.69 Å². The van der Waals surface area contributed by atoms with Crippen LogP contribution in [0.2, 0.25) is 0 Å². The molecule has 0 bridgehead atoms. The predicted octanol–water partition coefficient (Wildman–Crippen LogP) is 4.06. The summed E-state index contributed by atoms with van der Waals surface area (Å²) in [7, 11) is 0. The molecule has 0 saturated carbocycles. The lowest BCUT2D eigenvalue weighted by Crippen LogP contribution is -2.56. The Morgan fingerprint density at radius 2 is 1.78 bits per heavy atom. The fraction of sp³-hybridized carbons (Fsp3) is 0.467. The van der Waals surface area contributed by atoms with Crippen LogP contribution in [0.25, 0.3) is 0 Å². The van der Waals surface area contributed by atoms with Gasteiger partial charge in [0, 0.05) is 11.6 Å². The number of hydrogen-bond acceptors (Lipinski definition) is 2. The fourth-order valence-corrected chi connectivity index (χ4v) is 2.22. The number of anilines is 1. The lowest BCUT2D eigenvalue weighted by atomic mass is 10.1. The van der Waals surface area contributed by atoms with Gasteiger partial charge in [-0.05, 0) is 43.3 Å². The first-order chi connectivity index (χ1) is 10.5. The van der Waals surface area contributed by atoms with Crippen molar-refractivity contribution in [2.45, 2.75) is 37.7 Å². The summed E-state index contributed by atoms with van der Waals surface area (Å²) in [5.74, 6) is -0.490. The van der Waals surface area contributed by atoms with E-state index in [1.54, 1.807) is 13.8 Å². The van der Waals surface area contributed by atoms with Gasteiger partial charge in [-0.15, -0.1) is 0 Å². The molecule has 0 fully saturated rings. The van der Waals surface area contributed by atoms with Crippen LogP contribution in [0.5, 0.6) is 0 Å². The summed E-state index contributed by atoms with van der Waals surface area (Å²) in [5, 5.41) is 8.75. The second-order valence-electron chi connectivity index (χ2n) is 5.55. The summed E-state index contributed by atoms with van der Waals surface area (Å²) in [4.78, 5) is 11.8. The van der Waals surface area contributed by atoms with Gasteiger partial charge in [0.05, 0.1) is 0 Å². The maximum Gasteiger partial charge on any atom is 0.228 e. The van der Waals surface area contributed by atoms with Crippen molar-refractivity contribution in [1.82, 2.24) is 10.6 Å². The SMILES string of the molecule is Cc1ccc(C)c(NC(=S)N[C@@H](NC(=O)C(C)C)C(Cl)(Cl)Cl)c1. The summed E-state index contributed by atoms with van der Waals surface area (Å²) in [6.45, 7) is 7.43. The average Bonchev–Trinajstić information content (AvgIpc) is 2.40. The van der Waals surface area contributed by atoms with Gasteiger partial charge < -0.3 is 16.0 Å². The largest absolute Gasteiger partial charge is 0.339 e. The lowest BCUT2D eigenvalue weighted by molar-refractivity contribution is -0.124. The molecule has 0 spiro atoms. The Labute approximate surface area is 157 Å². The third kappa shape index (κ3) is 6.71. The van der Waals surface area contributed by atoms with Crippen LogP contribution in [0.3, 0.4) is 0 Å². The zero-order valence-electron chi connectivity index (χ0n) is 13.3. The normalized spacial score (nSPS) is 12.7. The van der Waals surface area contributed by atoms with E-state index in [2.05, 4.69) is 16.0 Å². The fourth-order valence-electron chi connectivity index (χ4n) is 1.67. The molecule has 8 heteroatoms. The van der Waals surface area contributed by atoms with Crippen LogP contribution in [0, 0.1) is 19.8 Å². The van der Waals surface area contributed by atoms with Crippen molar-refractivity contribution in [3.05, 3.63) is 29.3 Å². The number of alkyl halides is 3. The van der Waals surface area contributed by atoms with Crippen LogP contribution in [-0.2, 0) is 4.79 Å². The van der Waals surface area contributed by atoms with Gasteiger partial charge in [0.15, 0.2) is 5.11 Å². The monoisotopic (exact) mass is 395 g/mol. The zero-order chi connectivity index (χ0) is 17.8. The molecule has 0 heterocycles. The minimum absolute atomic E-state index is 0.243. The van der Waals surface area contributed by atoms with Crippen LogP contribution >= 0.6 is 47.0 Å². The first kappa shape index (κ1) is 20.3. The van der Waals surface area contributed by atoms with E-state index >= 15 is 0 Å². The number of aryl methyl sites for hydroxylation is 2. The molecule has 0 saturated heterocycles. The minimum Gasteiger partial charge on any atom is -0.339 e. The Hall–Kier alpha value is -0.750. The van der Waals surface area contributed by atoms with Crippen molar-refractivity contribution in [2.75, 3.05) is 5.32 Å². The molecule has 128 valence electrons.